The zero-order valence-electron chi connectivity index (χ0n) is 8.58. The lowest BCUT2D eigenvalue weighted by Gasteiger charge is -2.09. The van der Waals surface area contributed by atoms with Crippen molar-refractivity contribution in [1.29, 1.82) is 0 Å². The van der Waals surface area contributed by atoms with Crippen molar-refractivity contribution in [3.8, 4) is 11.5 Å². The van der Waals surface area contributed by atoms with Crippen molar-refractivity contribution in [3.05, 3.63) is 51.2 Å². The summed E-state index contributed by atoms with van der Waals surface area (Å²) >= 11 is 6.86. The lowest BCUT2D eigenvalue weighted by atomic mass is 10.2. The minimum Gasteiger partial charge on any atom is -0.455 e. The van der Waals surface area contributed by atoms with Crippen molar-refractivity contribution in [2.24, 2.45) is 0 Å². The Kier molecular flexibility index (Phi) is 3.61. The topological polar surface area (TPSA) is 22.1 Å². The fraction of sp³-hybridized carbons (Fsp3) is 0.0833. The van der Waals surface area contributed by atoms with E-state index in [1.165, 1.54) is 5.56 Å². The molecule has 16 heavy (non-hydrogen) atoms. The largest absolute Gasteiger partial charge is 0.455 e. The average Bonchev–Trinajstić information content (AvgIpc) is 2.25. The third-order valence-electron chi connectivity index (χ3n) is 2.04. The molecule has 0 spiro atoms. The van der Waals surface area contributed by atoms with Crippen LogP contribution in [0.15, 0.2) is 45.6 Å². The molecule has 0 aliphatic heterocycles. The van der Waals surface area contributed by atoms with Crippen LogP contribution in [0.5, 0.6) is 11.5 Å². The van der Waals surface area contributed by atoms with Crippen LogP contribution in [0.2, 0.25) is 0 Å². The molecule has 82 valence electrons. The predicted octanol–water partition coefficient (Wildman–Crippen LogP) is 4.71. The Hall–Kier alpha value is -0.870. The van der Waals surface area contributed by atoms with Gasteiger partial charge in [0, 0.05) is 18.5 Å². The summed E-state index contributed by atoms with van der Waals surface area (Å²) in [6, 6.07) is 7.78. The molecule has 0 saturated heterocycles. The quantitative estimate of drug-likeness (QED) is 0.788. The van der Waals surface area contributed by atoms with Gasteiger partial charge in [0.2, 0.25) is 0 Å². The van der Waals surface area contributed by atoms with Gasteiger partial charge in [0.05, 0.1) is 8.95 Å². The summed E-state index contributed by atoms with van der Waals surface area (Å²) in [5.41, 5.74) is 1.19. The van der Waals surface area contributed by atoms with E-state index in [4.69, 9.17) is 4.74 Å². The minimum absolute atomic E-state index is 0.750. The fourth-order valence-electron chi connectivity index (χ4n) is 1.25. The van der Waals surface area contributed by atoms with E-state index >= 15 is 0 Å². The van der Waals surface area contributed by atoms with Gasteiger partial charge in [0.25, 0.3) is 0 Å². The van der Waals surface area contributed by atoms with E-state index in [1.54, 1.807) is 12.4 Å². The van der Waals surface area contributed by atoms with Crippen molar-refractivity contribution >= 4 is 31.9 Å². The predicted molar refractivity (Wildman–Crippen MR) is 70.9 cm³/mol. The highest BCUT2D eigenvalue weighted by atomic mass is 79.9. The summed E-state index contributed by atoms with van der Waals surface area (Å²) in [4.78, 5) is 3.98. The maximum Gasteiger partial charge on any atom is 0.144 e. The number of ether oxygens (including phenoxy) is 1. The lowest BCUT2D eigenvalue weighted by molar-refractivity contribution is 0.475. The van der Waals surface area contributed by atoms with Crippen molar-refractivity contribution in [3.63, 3.8) is 0 Å². The number of nitrogens with zero attached hydrogens (tertiary/aromatic N) is 1. The molecule has 2 rings (SSSR count). The second-order valence-corrected chi connectivity index (χ2v) is 5.05. The molecule has 0 aliphatic carbocycles. The van der Waals surface area contributed by atoms with Crippen molar-refractivity contribution < 1.29 is 4.74 Å². The van der Waals surface area contributed by atoms with Crippen LogP contribution in [0.3, 0.4) is 0 Å². The Bertz CT molecular complexity index is 514. The van der Waals surface area contributed by atoms with Crippen molar-refractivity contribution in [2.75, 3.05) is 0 Å². The molecule has 0 amide bonds. The van der Waals surface area contributed by atoms with Gasteiger partial charge in [-0.3, -0.25) is 4.98 Å². The molecule has 0 radical (unpaired) electrons. The molecule has 1 heterocycles. The van der Waals surface area contributed by atoms with Gasteiger partial charge in [0.15, 0.2) is 0 Å². The highest BCUT2D eigenvalue weighted by molar-refractivity contribution is 9.11. The summed E-state index contributed by atoms with van der Waals surface area (Å²) in [6.07, 6.45) is 3.40. The van der Waals surface area contributed by atoms with Gasteiger partial charge in [-0.1, -0.05) is 6.07 Å². The Balaban J connectivity index is 2.31. The number of rotatable bonds is 2. The third kappa shape index (κ3) is 2.62. The van der Waals surface area contributed by atoms with E-state index in [-0.39, 0.29) is 0 Å². The van der Waals surface area contributed by atoms with Crippen LogP contribution < -0.4 is 4.74 Å². The van der Waals surface area contributed by atoms with E-state index in [1.807, 2.05) is 31.2 Å². The van der Waals surface area contributed by atoms with Crippen LogP contribution in [-0.4, -0.2) is 4.98 Å². The second-order valence-electron chi connectivity index (χ2n) is 3.34. The monoisotopic (exact) mass is 341 g/mol. The summed E-state index contributed by atoms with van der Waals surface area (Å²) in [7, 11) is 0. The Labute approximate surface area is 111 Å². The Morgan fingerprint density at radius 1 is 1.06 bits per heavy atom. The van der Waals surface area contributed by atoms with Crippen LogP contribution in [-0.2, 0) is 0 Å². The number of pyridine rings is 1. The first kappa shape index (κ1) is 11.6. The summed E-state index contributed by atoms with van der Waals surface area (Å²) < 4.78 is 7.54. The zero-order chi connectivity index (χ0) is 11.5. The summed E-state index contributed by atoms with van der Waals surface area (Å²) in [6.45, 7) is 2.04. The molecular formula is C12H9Br2NO. The molecule has 0 bridgehead atoms. The maximum atomic E-state index is 5.76. The van der Waals surface area contributed by atoms with E-state index in [0.717, 1.165) is 20.4 Å². The fourth-order valence-corrected chi connectivity index (χ4v) is 2.16. The van der Waals surface area contributed by atoms with E-state index < -0.39 is 0 Å². The molecule has 2 aromatic rings. The van der Waals surface area contributed by atoms with Crippen molar-refractivity contribution in [2.45, 2.75) is 6.92 Å². The van der Waals surface area contributed by atoms with E-state index in [0.29, 0.717) is 0 Å². The number of hydrogen-bond acceptors (Lipinski definition) is 2. The van der Waals surface area contributed by atoms with Crippen LogP contribution in [0.25, 0.3) is 0 Å². The standard InChI is InChI=1S/C12H9Br2NO/c1-8-2-3-11(9(13)6-8)16-12-4-5-15-7-10(12)14/h2-7H,1H3. The van der Waals surface area contributed by atoms with Gasteiger partial charge in [-0.05, 0) is 56.5 Å². The summed E-state index contributed by atoms with van der Waals surface area (Å²) in [5, 5.41) is 0. The van der Waals surface area contributed by atoms with Crippen molar-refractivity contribution in [1.82, 2.24) is 4.98 Å². The first-order chi connectivity index (χ1) is 7.66. The lowest BCUT2D eigenvalue weighted by Crippen LogP contribution is -1.87. The molecule has 0 unspecified atom stereocenters. The number of benzene rings is 1. The number of halogens is 2. The van der Waals surface area contributed by atoms with Crippen LogP contribution >= 0.6 is 31.9 Å². The van der Waals surface area contributed by atoms with E-state index in [9.17, 15) is 0 Å². The molecule has 0 atom stereocenters. The van der Waals surface area contributed by atoms with Gasteiger partial charge in [-0.25, -0.2) is 0 Å². The highest BCUT2D eigenvalue weighted by Crippen LogP contribution is 2.33. The number of aryl methyl sites for hydroxylation is 1. The van der Waals surface area contributed by atoms with Gasteiger partial charge < -0.3 is 4.74 Å². The van der Waals surface area contributed by atoms with Crippen LogP contribution in [0.1, 0.15) is 5.56 Å². The normalized spacial score (nSPS) is 10.2. The minimum atomic E-state index is 0.750. The molecule has 0 saturated carbocycles. The molecule has 0 aliphatic rings. The first-order valence-corrected chi connectivity index (χ1v) is 6.29. The molecule has 1 aromatic heterocycles. The first-order valence-electron chi connectivity index (χ1n) is 4.70. The Morgan fingerprint density at radius 2 is 1.81 bits per heavy atom. The van der Waals surface area contributed by atoms with E-state index in [2.05, 4.69) is 36.8 Å². The van der Waals surface area contributed by atoms with Crippen LogP contribution in [0.4, 0.5) is 0 Å². The average molecular weight is 343 g/mol. The summed E-state index contributed by atoms with van der Waals surface area (Å²) in [5.74, 6) is 1.54. The second kappa shape index (κ2) is 4.97. The molecule has 4 heteroatoms. The SMILES string of the molecule is Cc1ccc(Oc2ccncc2Br)c(Br)c1. The molecular weight excluding hydrogens is 334 g/mol. The van der Waals surface area contributed by atoms with Gasteiger partial charge >= 0.3 is 0 Å². The zero-order valence-corrected chi connectivity index (χ0v) is 11.7. The number of hydrogen-bond donors (Lipinski definition) is 0. The molecule has 0 N–H and O–H groups in total. The number of aromatic nitrogens is 1. The highest BCUT2D eigenvalue weighted by Gasteiger charge is 2.05. The van der Waals surface area contributed by atoms with Crippen LogP contribution in [0, 0.1) is 6.92 Å². The molecule has 1 aromatic carbocycles. The van der Waals surface area contributed by atoms with Gasteiger partial charge in [-0.2, -0.15) is 0 Å². The molecule has 2 nitrogen and oxygen atoms in total. The third-order valence-corrected chi connectivity index (χ3v) is 3.26. The van der Waals surface area contributed by atoms with Gasteiger partial charge in [0.1, 0.15) is 11.5 Å². The van der Waals surface area contributed by atoms with Gasteiger partial charge in [-0.15, -0.1) is 0 Å². The maximum absolute atomic E-state index is 5.76. The smallest absolute Gasteiger partial charge is 0.144 e. The molecule has 0 fully saturated rings. The Morgan fingerprint density at radius 3 is 2.50 bits per heavy atom.